The molecule has 0 saturated heterocycles. The van der Waals surface area contributed by atoms with Crippen LogP contribution >= 0.6 is 11.5 Å². The van der Waals surface area contributed by atoms with E-state index in [0.717, 1.165) is 31.6 Å². The van der Waals surface area contributed by atoms with E-state index in [-0.39, 0.29) is 0 Å². The Morgan fingerprint density at radius 1 is 1.18 bits per heavy atom. The van der Waals surface area contributed by atoms with E-state index < -0.39 is 0 Å². The van der Waals surface area contributed by atoms with Gasteiger partial charge in [0.25, 0.3) is 0 Å². The predicted molar refractivity (Wildman–Crippen MR) is 74.6 cm³/mol. The Bertz CT molecular complexity index is 299. The van der Waals surface area contributed by atoms with Crippen molar-refractivity contribution in [1.82, 2.24) is 14.7 Å². The minimum absolute atomic E-state index is 0.572. The molecule has 0 aliphatic rings. The molecule has 0 aromatic carbocycles. The van der Waals surface area contributed by atoms with Crippen LogP contribution in [0.2, 0.25) is 0 Å². The molecule has 0 fully saturated rings. The molecule has 0 aliphatic heterocycles. The summed E-state index contributed by atoms with van der Waals surface area (Å²) in [5, 5.41) is 4.79. The second-order valence-electron chi connectivity index (χ2n) is 4.50. The van der Waals surface area contributed by atoms with Crippen molar-refractivity contribution in [3.63, 3.8) is 0 Å². The zero-order valence-electron chi connectivity index (χ0n) is 11.3. The topological polar surface area (TPSA) is 37.8 Å². The van der Waals surface area contributed by atoms with E-state index in [1.165, 1.54) is 24.3 Å². The lowest BCUT2D eigenvalue weighted by molar-refractivity contribution is 0.472. The van der Waals surface area contributed by atoms with E-state index in [0.29, 0.717) is 6.04 Å². The maximum Gasteiger partial charge on any atom is 0.142 e. The summed E-state index contributed by atoms with van der Waals surface area (Å²) in [5.41, 5.74) is 0. The maximum atomic E-state index is 4.60. The fourth-order valence-corrected chi connectivity index (χ4v) is 2.65. The highest BCUT2D eigenvalue weighted by molar-refractivity contribution is 7.05. The fourth-order valence-electron chi connectivity index (χ4n) is 1.88. The number of hydrogen-bond donors (Lipinski definition) is 1. The highest BCUT2D eigenvalue weighted by atomic mass is 32.1. The first-order valence-corrected chi connectivity index (χ1v) is 7.62. The predicted octanol–water partition coefficient (Wildman–Crippen LogP) is 3.20. The Balaban J connectivity index is 2.46. The average Bonchev–Trinajstić information content (AvgIpc) is 2.74. The van der Waals surface area contributed by atoms with Crippen LogP contribution in [0.5, 0.6) is 0 Å². The molecule has 1 rings (SSSR count). The van der Waals surface area contributed by atoms with Gasteiger partial charge in [-0.1, -0.05) is 27.2 Å². The van der Waals surface area contributed by atoms with Crippen LogP contribution in [0.3, 0.4) is 0 Å². The van der Waals surface area contributed by atoms with Crippen LogP contribution < -0.4 is 5.32 Å². The first-order chi connectivity index (χ1) is 8.30. The first kappa shape index (κ1) is 14.6. The van der Waals surface area contributed by atoms with Gasteiger partial charge in [-0.15, -0.1) is 0 Å². The largest absolute Gasteiger partial charge is 0.314 e. The summed E-state index contributed by atoms with van der Waals surface area (Å²) >= 11 is 1.58. The van der Waals surface area contributed by atoms with Crippen LogP contribution in [0.15, 0.2) is 0 Å². The van der Waals surface area contributed by atoms with Crippen molar-refractivity contribution < 1.29 is 0 Å². The van der Waals surface area contributed by atoms with E-state index >= 15 is 0 Å². The van der Waals surface area contributed by atoms with Gasteiger partial charge in [0, 0.05) is 18.9 Å². The summed E-state index contributed by atoms with van der Waals surface area (Å²) < 4.78 is 4.40. The number of aromatic nitrogens is 2. The Morgan fingerprint density at radius 3 is 2.65 bits per heavy atom. The molecule has 1 heterocycles. The Hall–Kier alpha value is -0.480. The molecular weight excluding hydrogens is 230 g/mol. The van der Waals surface area contributed by atoms with Gasteiger partial charge in [-0.25, -0.2) is 4.98 Å². The van der Waals surface area contributed by atoms with E-state index in [2.05, 4.69) is 35.4 Å². The zero-order valence-corrected chi connectivity index (χ0v) is 12.1. The van der Waals surface area contributed by atoms with Gasteiger partial charge in [-0.3, -0.25) is 0 Å². The molecule has 0 spiro atoms. The summed E-state index contributed by atoms with van der Waals surface area (Å²) in [5.74, 6) is 1.03. The molecule has 98 valence electrons. The summed E-state index contributed by atoms with van der Waals surface area (Å²) in [4.78, 5) is 4.60. The number of nitrogens with one attached hydrogen (secondary N) is 1. The van der Waals surface area contributed by atoms with Crippen LogP contribution in [0.4, 0.5) is 0 Å². The minimum Gasteiger partial charge on any atom is -0.314 e. The zero-order chi connectivity index (χ0) is 12.5. The van der Waals surface area contributed by atoms with Crippen LogP contribution in [0.25, 0.3) is 0 Å². The van der Waals surface area contributed by atoms with Gasteiger partial charge in [0.2, 0.25) is 0 Å². The Labute approximate surface area is 109 Å². The molecule has 1 N–H and O–H groups in total. The molecule has 17 heavy (non-hydrogen) atoms. The van der Waals surface area contributed by atoms with Crippen LogP contribution in [-0.4, -0.2) is 21.9 Å². The molecule has 0 amide bonds. The monoisotopic (exact) mass is 255 g/mol. The second-order valence-corrected chi connectivity index (χ2v) is 5.33. The van der Waals surface area contributed by atoms with Crippen molar-refractivity contribution in [1.29, 1.82) is 0 Å². The molecule has 0 aliphatic carbocycles. The quantitative estimate of drug-likeness (QED) is 0.736. The van der Waals surface area contributed by atoms with Crippen molar-refractivity contribution in [3.8, 4) is 0 Å². The lowest BCUT2D eigenvalue weighted by Gasteiger charge is -2.15. The molecule has 1 unspecified atom stereocenters. The third-order valence-electron chi connectivity index (χ3n) is 2.72. The molecule has 0 bridgehead atoms. The average molecular weight is 255 g/mol. The highest BCUT2D eigenvalue weighted by Gasteiger charge is 2.11. The summed E-state index contributed by atoms with van der Waals surface area (Å²) in [6.45, 7) is 7.72. The van der Waals surface area contributed by atoms with Gasteiger partial charge >= 0.3 is 0 Å². The summed E-state index contributed by atoms with van der Waals surface area (Å²) in [6, 6.07) is 0.572. The standard InChI is InChI=1S/C13H25N3S/c1-4-7-11(14-9-6-3)10-13-15-12(8-5-2)16-17-13/h11,14H,4-10H2,1-3H3. The fraction of sp³-hybridized carbons (Fsp3) is 0.846. The third-order valence-corrected chi connectivity index (χ3v) is 3.50. The third kappa shape index (κ3) is 5.59. The molecule has 0 radical (unpaired) electrons. The van der Waals surface area contributed by atoms with E-state index in [9.17, 15) is 0 Å². The van der Waals surface area contributed by atoms with Gasteiger partial charge in [-0.2, -0.15) is 4.37 Å². The number of aryl methyl sites for hydroxylation is 1. The smallest absolute Gasteiger partial charge is 0.142 e. The van der Waals surface area contributed by atoms with E-state index in [4.69, 9.17) is 0 Å². The van der Waals surface area contributed by atoms with Crippen LogP contribution in [0, 0.1) is 0 Å². The van der Waals surface area contributed by atoms with Crippen LogP contribution in [-0.2, 0) is 12.8 Å². The SMILES string of the molecule is CCCNC(CCC)Cc1nc(CCC)ns1. The summed E-state index contributed by atoms with van der Waals surface area (Å²) in [6.07, 6.45) is 6.82. The Kier molecular flexibility index (Phi) is 7.37. The van der Waals surface area contributed by atoms with Crippen molar-refractivity contribution in [2.75, 3.05) is 6.54 Å². The molecule has 4 heteroatoms. The van der Waals surface area contributed by atoms with E-state index in [1.54, 1.807) is 11.5 Å². The lowest BCUT2D eigenvalue weighted by atomic mass is 10.1. The van der Waals surface area contributed by atoms with Crippen molar-refractivity contribution >= 4 is 11.5 Å². The molecule has 0 saturated carbocycles. The van der Waals surface area contributed by atoms with Crippen molar-refractivity contribution in [2.24, 2.45) is 0 Å². The van der Waals surface area contributed by atoms with Gasteiger partial charge in [-0.05, 0) is 37.3 Å². The van der Waals surface area contributed by atoms with E-state index in [1.807, 2.05) is 0 Å². The highest BCUT2D eigenvalue weighted by Crippen LogP contribution is 2.11. The second kappa shape index (κ2) is 8.59. The summed E-state index contributed by atoms with van der Waals surface area (Å²) in [7, 11) is 0. The first-order valence-electron chi connectivity index (χ1n) is 6.84. The van der Waals surface area contributed by atoms with Gasteiger partial charge < -0.3 is 5.32 Å². The van der Waals surface area contributed by atoms with Gasteiger partial charge in [0.1, 0.15) is 10.8 Å². The number of hydrogen-bond acceptors (Lipinski definition) is 4. The Morgan fingerprint density at radius 2 is 2.00 bits per heavy atom. The molecule has 1 atom stereocenters. The number of rotatable bonds is 9. The lowest BCUT2D eigenvalue weighted by Crippen LogP contribution is -2.31. The van der Waals surface area contributed by atoms with Crippen LogP contribution in [0.1, 0.15) is 57.3 Å². The maximum absolute atomic E-state index is 4.60. The molecule has 1 aromatic rings. The minimum atomic E-state index is 0.572. The van der Waals surface area contributed by atoms with Crippen molar-refractivity contribution in [2.45, 2.75) is 65.3 Å². The van der Waals surface area contributed by atoms with Crippen molar-refractivity contribution in [3.05, 3.63) is 10.8 Å². The molecule has 1 aromatic heterocycles. The van der Waals surface area contributed by atoms with Gasteiger partial charge in [0.05, 0.1) is 0 Å². The normalized spacial score (nSPS) is 12.9. The van der Waals surface area contributed by atoms with Gasteiger partial charge in [0.15, 0.2) is 0 Å². The number of nitrogens with zero attached hydrogens (tertiary/aromatic N) is 2. The molecule has 3 nitrogen and oxygen atoms in total. The molecular formula is C13H25N3S.